The number of benzene rings is 1. The molecule has 1 aliphatic carbocycles. The van der Waals surface area contributed by atoms with Crippen LogP contribution in [0.3, 0.4) is 0 Å². The van der Waals surface area contributed by atoms with Crippen LogP contribution in [0.1, 0.15) is 16.4 Å². The van der Waals surface area contributed by atoms with E-state index in [1.54, 1.807) is 11.1 Å². The van der Waals surface area contributed by atoms with Crippen molar-refractivity contribution in [2.24, 2.45) is 0 Å². The predicted molar refractivity (Wildman–Crippen MR) is 46.4 cm³/mol. The molecule has 1 aromatic carbocycles. The maximum Gasteiger partial charge on any atom is 0.0337 e. The van der Waals surface area contributed by atoms with Gasteiger partial charge in [-0.05, 0) is 23.8 Å². The minimum atomic E-state index is 0.788. The van der Waals surface area contributed by atoms with Crippen LogP contribution in [0.15, 0.2) is 24.3 Å². The summed E-state index contributed by atoms with van der Waals surface area (Å²) in [4.78, 5) is 0. The highest BCUT2D eigenvalue weighted by molar-refractivity contribution is 7.98. The number of hydrogen-bond donors (Lipinski definition) is 0. The third-order valence-corrected chi connectivity index (χ3v) is 3.08. The molecule has 0 fully saturated rings. The molecule has 0 aromatic heterocycles. The minimum absolute atomic E-state index is 0.788. The predicted octanol–water partition coefficient (Wildman–Crippen LogP) is 2.65. The van der Waals surface area contributed by atoms with Gasteiger partial charge in [-0.25, -0.2) is 0 Å². The molecule has 0 saturated heterocycles. The second kappa shape index (κ2) is 2.31. The Balaban J connectivity index is 2.34. The molecule has 52 valence electrons. The maximum atomic E-state index is 2.24. The third-order valence-electron chi connectivity index (χ3n) is 2.09. The van der Waals surface area contributed by atoms with Crippen LogP contribution in [0.25, 0.3) is 0 Å². The van der Waals surface area contributed by atoms with Gasteiger partial charge in [-0.2, -0.15) is 11.8 Å². The van der Waals surface area contributed by atoms with Crippen molar-refractivity contribution in [3.05, 3.63) is 35.4 Å². The maximum absolute atomic E-state index is 2.24. The fourth-order valence-corrected chi connectivity index (χ4v) is 2.25. The van der Waals surface area contributed by atoms with E-state index in [0.29, 0.717) is 0 Å². The van der Waals surface area contributed by atoms with Gasteiger partial charge in [0.2, 0.25) is 0 Å². The summed E-state index contributed by atoms with van der Waals surface area (Å²) in [7, 11) is 0. The van der Waals surface area contributed by atoms with Crippen molar-refractivity contribution < 1.29 is 0 Å². The molecule has 0 spiro atoms. The van der Waals surface area contributed by atoms with Crippen molar-refractivity contribution in [2.75, 3.05) is 6.26 Å². The monoisotopic (exact) mass is 150 g/mol. The van der Waals surface area contributed by atoms with E-state index in [2.05, 4.69) is 30.5 Å². The van der Waals surface area contributed by atoms with E-state index in [9.17, 15) is 0 Å². The topological polar surface area (TPSA) is 0 Å². The molecule has 0 saturated carbocycles. The van der Waals surface area contributed by atoms with Crippen molar-refractivity contribution in [3.63, 3.8) is 0 Å². The molecule has 1 aliphatic rings. The van der Waals surface area contributed by atoms with Crippen molar-refractivity contribution >= 4 is 11.8 Å². The molecule has 1 aromatic rings. The quantitative estimate of drug-likeness (QED) is 0.593. The summed E-state index contributed by atoms with van der Waals surface area (Å²) in [5.74, 6) is 0. The highest BCUT2D eigenvalue weighted by atomic mass is 32.2. The van der Waals surface area contributed by atoms with Gasteiger partial charge in [-0.15, -0.1) is 0 Å². The molecule has 0 N–H and O–H groups in total. The van der Waals surface area contributed by atoms with E-state index >= 15 is 0 Å². The summed E-state index contributed by atoms with van der Waals surface area (Å²) in [5.41, 5.74) is 3.09. The van der Waals surface area contributed by atoms with Crippen LogP contribution in [0.4, 0.5) is 0 Å². The average molecular weight is 150 g/mol. The van der Waals surface area contributed by atoms with Gasteiger partial charge < -0.3 is 0 Å². The zero-order valence-corrected chi connectivity index (χ0v) is 6.82. The Morgan fingerprint density at radius 1 is 1.40 bits per heavy atom. The third kappa shape index (κ3) is 0.772. The molecule has 1 atom stereocenters. The molecule has 0 amide bonds. The van der Waals surface area contributed by atoms with Gasteiger partial charge in [-0.1, -0.05) is 24.3 Å². The van der Waals surface area contributed by atoms with Crippen LogP contribution in [-0.2, 0) is 6.42 Å². The van der Waals surface area contributed by atoms with Crippen LogP contribution in [0, 0.1) is 0 Å². The first-order valence-corrected chi connectivity index (χ1v) is 4.81. The van der Waals surface area contributed by atoms with E-state index in [1.807, 2.05) is 11.8 Å². The summed E-state index contributed by atoms with van der Waals surface area (Å²) >= 11 is 1.95. The first-order chi connectivity index (χ1) is 4.92. The van der Waals surface area contributed by atoms with Crippen molar-refractivity contribution in [1.82, 2.24) is 0 Å². The summed E-state index contributed by atoms with van der Waals surface area (Å²) < 4.78 is 0. The standard InChI is InChI=1S/C9H10S/c1-10-9-6-7-4-2-3-5-8(7)9/h2-5,9H,6H2,1H3. The lowest BCUT2D eigenvalue weighted by atomic mass is 9.88. The molecular formula is C9H10S. The zero-order chi connectivity index (χ0) is 6.97. The molecular weight excluding hydrogens is 140 g/mol. The zero-order valence-electron chi connectivity index (χ0n) is 6.00. The molecule has 1 heteroatoms. The molecule has 0 aliphatic heterocycles. The Kier molecular flexibility index (Phi) is 1.46. The lowest BCUT2D eigenvalue weighted by molar-refractivity contribution is 0.817. The fraction of sp³-hybridized carbons (Fsp3) is 0.333. The Morgan fingerprint density at radius 3 is 2.90 bits per heavy atom. The fourth-order valence-electron chi connectivity index (χ4n) is 1.42. The van der Waals surface area contributed by atoms with Crippen LogP contribution in [-0.4, -0.2) is 6.26 Å². The van der Waals surface area contributed by atoms with Crippen LogP contribution < -0.4 is 0 Å². The lowest BCUT2D eigenvalue weighted by Crippen LogP contribution is -2.12. The number of rotatable bonds is 1. The lowest BCUT2D eigenvalue weighted by Gasteiger charge is -2.28. The smallest absolute Gasteiger partial charge is 0.0337 e. The Hall–Kier alpha value is -0.430. The number of thioether (sulfide) groups is 1. The van der Waals surface area contributed by atoms with Gasteiger partial charge in [0.15, 0.2) is 0 Å². The number of hydrogen-bond acceptors (Lipinski definition) is 1. The van der Waals surface area contributed by atoms with Crippen LogP contribution in [0.2, 0.25) is 0 Å². The Morgan fingerprint density at radius 2 is 2.20 bits per heavy atom. The van der Waals surface area contributed by atoms with E-state index in [1.165, 1.54) is 6.42 Å². The van der Waals surface area contributed by atoms with Crippen LogP contribution >= 0.6 is 11.8 Å². The first-order valence-electron chi connectivity index (χ1n) is 3.52. The molecule has 1 unspecified atom stereocenters. The van der Waals surface area contributed by atoms with Crippen LogP contribution in [0.5, 0.6) is 0 Å². The van der Waals surface area contributed by atoms with Crippen molar-refractivity contribution in [2.45, 2.75) is 11.7 Å². The van der Waals surface area contributed by atoms with E-state index in [-0.39, 0.29) is 0 Å². The van der Waals surface area contributed by atoms with E-state index in [0.717, 1.165) is 5.25 Å². The second-order valence-corrected chi connectivity index (χ2v) is 3.67. The normalized spacial score (nSPS) is 21.5. The largest absolute Gasteiger partial charge is 0.157 e. The highest BCUT2D eigenvalue weighted by Gasteiger charge is 2.23. The summed E-state index contributed by atoms with van der Waals surface area (Å²) in [6.07, 6.45) is 3.46. The van der Waals surface area contributed by atoms with Gasteiger partial charge >= 0.3 is 0 Å². The molecule has 0 heterocycles. The summed E-state index contributed by atoms with van der Waals surface area (Å²) in [5, 5.41) is 0.788. The summed E-state index contributed by atoms with van der Waals surface area (Å²) in [6.45, 7) is 0. The highest BCUT2D eigenvalue weighted by Crippen LogP contribution is 2.41. The second-order valence-electron chi connectivity index (χ2n) is 2.63. The van der Waals surface area contributed by atoms with E-state index < -0.39 is 0 Å². The van der Waals surface area contributed by atoms with Gasteiger partial charge in [0.25, 0.3) is 0 Å². The molecule has 0 radical (unpaired) electrons. The summed E-state index contributed by atoms with van der Waals surface area (Å²) in [6, 6.07) is 8.71. The van der Waals surface area contributed by atoms with Gasteiger partial charge in [-0.3, -0.25) is 0 Å². The molecule has 2 rings (SSSR count). The first kappa shape index (κ1) is 6.29. The Labute approximate surface area is 65.6 Å². The van der Waals surface area contributed by atoms with Gasteiger partial charge in [0, 0.05) is 5.25 Å². The number of fused-ring (bicyclic) bond motifs is 1. The van der Waals surface area contributed by atoms with Crippen molar-refractivity contribution in [1.29, 1.82) is 0 Å². The average Bonchev–Trinajstić information content (AvgIpc) is 1.92. The molecule has 10 heavy (non-hydrogen) atoms. The minimum Gasteiger partial charge on any atom is -0.157 e. The van der Waals surface area contributed by atoms with Gasteiger partial charge in [0.05, 0.1) is 0 Å². The van der Waals surface area contributed by atoms with E-state index in [4.69, 9.17) is 0 Å². The van der Waals surface area contributed by atoms with Crippen molar-refractivity contribution in [3.8, 4) is 0 Å². The SMILES string of the molecule is CSC1Cc2ccccc21. The molecule has 0 nitrogen and oxygen atoms in total. The van der Waals surface area contributed by atoms with Gasteiger partial charge in [0.1, 0.15) is 0 Å². The Bertz CT molecular complexity index is 242. The molecule has 0 bridgehead atoms.